The first kappa shape index (κ1) is 19.5. The van der Waals surface area contributed by atoms with Crippen LogP contribution in [0.25, 0.3) is 0 Å². The fourth-order valence-corrected chi connectivity index (χ4v) is 2.79. The summed E-state index contributed by atoms with van der Waals surface area (Å²) in [5.41, 5.74) is 0.674. The minimum atomic E-state index is -0.285. The molecule has 6 nitrogen and oxygen atoms in total. The lowest BCUT2D eigenvalue weighted by atomic mass is 10.1. The molecule has 25 heavy (non-hydrogen) atoms. The van der Waals surface area contributed by atoms with Gasteiger partial charge in [-0.05, 0) is 39.7 Å². The van der Waals surface area contributed by atoms with Crippen LogP contribution >= 0.6 is 0 Å². The fourth-order valence-electron chi connectivity index (χ4n) is 2.79. The second-order valence-corrected chi connectivity index (χ2v) is 7.30. The molecule has 2 rings (SSSR count). The van der Waals surface area contributed by atoms with Crippen LogP contribution in [0.2, 0.25) is 0 Å². The second kappa shape index (κ2) is 9.06. The van der Waals surface area contributed by atoms with E-state index < -0.39 is 0 Å². The first-order chi connectivity index (χ1) is 11.9. The van der Waals surface area contributed by atoms with Gasteiger partial charge in [0.05, 0.1) is 13.2 Å². The van der Waals surface area contributed by atoms with Crippen molar-refractivity contribution in [1.29, 1.82) is 0 Å². The Morgan fingerprint density at radius 1 is 1.36 bits per heavy atom. The number of carbonyl (C=O) groups excluding carboxylic acids is 1. The number of nitrogens with one attached hydrogen (secondary N) is 2. The van der Waals surface area contributed by atoms with Gasteiger partial charge < -0.3 is 24.8 Å². The molecule has 2 N–H and O–H groups in total. The van der Waals surface area contributed by atoms with Crippen molar-refractivity contribution in [3.8, 4) is 11.5 Å². The van der Waals surface area contributed by atoms with E-state index in [1.807, 2.05) is 39.0 Å². The average Bonchev–Trinajstić information content (AvgIpc) is 3.05. The summed E-state index contributed by atoms with van der Waals surface area (Å²) >= 11 is 0. The van der Waals surface area contributed by atoms with Gasteiger partial charge >= 0.3 is 0 Å². The molecule has 140 valence electrons. The van der Waals surface area contributed by atoms with Gasteiger partial charge in [-0.2, -0.15) is 0 Å². The number of hydrogen-bond acceptors (Lipinski definition) is 5. The number of ether oxygens (including phenoxy) is 3. The number of hydrogen-bond donors (Lipinski definition) is 2. The summed E-state index contributed by atoms with van der Waals surface area (Å²) in [4.78, 5) is 12.0. The van der Waals surface area contributed by atoms with Gasteiger partial charge in [-0.1, -0.05) is 12.1 Å². The van der Waals surface area contributed by atoms with Crippen LogP contribution in [0.15, 0.2) is 18.2 Å². The molecule has 0 unspecified atom stereocenters. The molecule has 0 spiro atoms. The minimum Gasteiger partial charge on any atom is -0.493 e. The van der Waals surface area contributed by atoms with E-state index in [0.717, 1.165) is 31.6 Å². The first-order valence-electron chi connectivity index (χ1n) is 8.81. The van der Waals surface area contributed by atoms with Gasteiger partial charge in [0, 0.05) is 30.8 Å². The van der Waals surface area contributed by atoms with Crippen LogP contribution in [-0.4, -0.2) is 44.4 Å². The number of methoxy groups -OCH3 is 1. The van der Waals surface area contributed by atoms with Gasteiger partial charge in [-0.15, -0.1) is 0 Å². The molecule has 1 heterocycles. The van der Waals surface area contributed by atoms with Gasteiger partial charge in [0.25, 0.3) is 5.91 Å². The maximum absolute atomic E-state index is 12.0. The fraction of sp³-hybridized carbons (Fsp3) is 0.632. The zero-order valence-electron chi connectivity index (χ0n) is 15.7. The standard InChI is InChI=1S/C19H30N2O4/c1-19(2,3)21-17(22)13-25-18-14(7-5-9-16(18)23-4)11-20-12-15-8-6-10-24-15/h5,7,9,15,20H,6,8,10-13H2,1-4H3,(H,21,22)/t15-/m1/s1. The van der Waals surface area contributed by atoms with Gasteiger partial charge in [0.15, 0.2) is 18.1 Å². The molecule has 0 radical (unpaired) electrons. The number of para-hydroxylation sites is 1. The SMILES string of the molecule is COc1cccc(CNC[C@H]2CCCO2)c1OCC(=O)NC(C)(C)C. The quantitative estimate of drug-likeness (QED) is 0.753. The zero-order valence-corrected chi connectivity index (χ0v) is 15.7. The van der Waals surface area contributed by atoms with Crippen molar-refractivity contribution in [3.63, 3.8) is 0 Å². The maximum Gasteiger partial charge on any atom is 0.258 e. The van der Waals surface area contributed by atoms with Crippen LogP contribution in [0.1, 0.15) is 39.2 Å². The molecule has 1 saturated heterocycles. The van der Waals surface area contributed by atoms with Gasteiger partial charge in [0.2, 0.25) is 0 Å². The van der Waals surface area contributed by atoms with Gasteiger partial charge in [-0.3, -0.25) is 4.79 Å². The van der Waals surface area contributed by atoms with Crippen molar-refractivity contribution in [2.45, 2.75) is 51.8 Å². The highest BCUT2D eigenvalue weighted by atomic mass is 16.5. The molecule has 0 bridgehead atoms. The average molecular weight is 350 g/mol. The largest absolute Gasteiger partial charge is 0.493 e. The van der Waals surface area contributed by atoms with Crippen molar-refractivity contribution in [3.05, 3.63) is 23.8 Å². The van der Waals surface area contributed by atoms with Gasteiger partial charge in [0.1, 0.15) is 0 Å². The summed E-state index contributed by atoms with van der Waals surface area (Å²) in [7, 11) is 1.60. The van der Waals surface area contributed by atoms with Crippen LogP contribution in [0, 0.1) is 0 Å². The third-order valence-corrected chi connectivity index (χ3v) is 3.85. The predicted octanol–water partition coefficient (Wildman–Crippen LogP) is 2.26. The minimum absolute atomic E-state index is 0.0453. The Kier molecular flexibility index (Phi) is 7.08. The lowest BCUT2D eigenvalue weighted by molar-refractivity contribution is -0.124. The van der Waals surface area contributed by atoms with Crippen molar-refractivity contribution in [2.24, 2.45) is 0 Å². The Hall–Kier alpha value is -1.79. The molecule has 0 aromatic heterocycles. The van der Waals surface area contributed by atoms with E-state index in [4.69, 9.17) is 14.2 Å². The highest BCUT2D eigenvalue weighted by Gasteiger charge is 2.18. The van der Waals surface area contributed by atoms with Crippen LogP contribution in [0.3, 0.4) is 0 Å². The molecule has 1 amide bonds. The topological polar surface area (TPSA) is 68.8 Å². The number of amides is 1. The normalized spacial score (nSPS) is 17.4. The summed E-state index contributed by atoms with van der Waals surface area (Å²) in [6.07, 6.45) is 2.51. The predicted molar refractivity (Wildman–Crippen MR) is 97.1 cm³/mol. The van der Waals surface area contributed by atoms with Crippen molar-refractivity contribution < 1.29 is 19.0 Å². The molecule has 0 aliphatic carbocycles. The lowest BCUT2D eigenvalue weighted by Gasteiger charge is -2.21. The third kappa shape index (κ3) is 6.55. The smallest absolute Gasteiger partial charge is 0.258 e. The molecule has 1 aliphatic heterocycles. The lowest BCUT2D eigenvalue weighted by Crippen LogP contribution is -2.43. The van der Waals surface area contributed by atoms with Crippen LogP contribution in [-0.2, 0) is 16.1 Å². The van der Waals surface area contributed by atoms with Gasteiger partial charge in [-0.25, -0.2) is 0 Å². The molecule has 1 aromatic carbocycles. The summed E-state index contributed by atoms with van der Waals surface area (Å²) in [5.74, 6) is 1.07. The molecule has 1 atom stereocenters. The van der Waals surface area contributed by atoms with E-state index in [1.54, 1.807) is 7.11 Å². The highest BCUT2D eigenvalue weighted by Crippen LogP contribution is 2.31. The number of carbonyl (C=O) groups is 1. The van der Waals surface area contributed by atoms with E-state index in [0.29, 0.717) is 18.0 Å². The van der Waals surface area contributed by atoms with Crippen molar-refractivity contribution in [2.75, 3.05) is 26.9 Å². The maximum atomic E-state index is 12.0. The summed E-state index contributed by atoms with van der Waals surface area (Å²) in [6, 6.07) is 5.73. The molecule has 1 aromatic rings. The molecular weight excluding hydrogens is 320 g/mol. The van der Waals surface area contributed by atoms with Crippen molar-refractivity contribution in [1.82, 2.24) is 10.6 Å². The van der Waals surface area contributed by atoms with Crippen LogP contribution in [0.4, 0.5) is 0 Å². The van der Waals surface area contributed by atoms with Crippen molar-refractivity contribution >= 4 is 5.91 Å². The Bertz CT molecular complexity index is 563. The Morgan fingerprint density at radius 3 is 2.80 bits per heavy atom. The highest BCUT2D eigenvalue weighted by molar-refractivity contribution is 5.78. The second-order valence-electron chi connectivity index (χ2n) is 7.30. The first-order valence-corrected chi connectivity index (χ1v) is 8.81. The summed E-state index contributed by atoms with van der Waals surface area (Å²) in [6.45, 7) is 8.06. The Balaban J connectivity index is 1.95. The molecule has 1 aliphatic rings. The number of rotatable bonds is 8. The van der Waals surface area contributed by atoms with Crippen LogP contribution in [0.5, 0.6) is 11.5 Å². The van der Waals surface area contributed by atoms with E-state index in [1.165, 1.54) is 0 Å². The summed E-state index contributed by atoms with van der Waals surface area (Å²) < 4.78 is 16.8. The van der Waals surface area contributed by atoms with Crippen LogP contribution < -0.4 is 20.1 Å². The number of benzene rings is 1. The van der Waals surface area contributed by atoms with E-state index in [9.17, 15) is 4.79 Å². The zero-order chi connectivity index (χ0) is 18.3. The molecule has 0 saturated carbocycles. The Morgan fingerprint density at radius 2 is 2.16 bits per heavy atom. The molecule has 6 heteroatoms. The monoisotopic (exact) mass is 350 g/mol. The van der Waals surface area contributed by atoms with E-state index >= 15 is 0 Å². The van der Waals surface area contributed by atoms with E-state index in [-0.39, 0.29) is 24.2 Å². The third-order valence-electron chi connectivity index (χ3n) is 3.85. The molecule has 1 fully saturated rings. The molecular formula is C19H30N2O4. The summed E-state index contributed by atoms with van der Waals surface area (Å²) in [5, 5.41) is 6.29. The Labute approximate surface area is 150 Å². The van der Waals surface area contributed by atoms with E-state index in [2.05, 4.69) is 10.6 Å².